The van der Waals surface area contributed by atoms with Gasteiger partial charge >= 0.3 is 17.8 Å². The highest BCUT2D eigenvalue weighted by atomic mass is 16.5. The van der Waals surface area contributed by atoms with Crippen LogP contribution in [0.2, 0.25) is 0 Å². The van der Waals surface area contributed by atoms with Gasteiger partial charge in [0, 0.05) is 17.1 Å². The van der Waals surface area contributed by atoms with Gasteiger partial charge in [0.2, 0.25) is 0 Å². The summed E-state index contributed by atoms with van der Waals surface area (Å²) in [5, 5.41) is 5.00. The Balaban J connectivity index is 1.50. The summed E-state index contributed by atoms with van der Waals surface area (Å²) in [6, 6.07) is 19.4. The molecule has 1 aliphatic heterocycles. The number of methoxy groups -OCH3 is 1. The highest BCUT2D eigenvalue weighted by molar-refractivity contribution is 6.39. The average molecular weight is 528 g/mol. The number of nitrogens with zero attached hydrogens (tertiary/aromatic N) is 1. The van der Waals surface area contributed by atoms with Crippen LogP contribution in [-0.4, -0.2) is 30.8 Å². The molecule has 200 valence electrons. The monoisotopic (exact) mass is 527 g/mol. The van der Waals surface area contributed by atoms with Gasteiger partial charge in [0.1, 0.15) is 11.5 Å². The van der Waals surface area contributed by atoms with E-state index in [-0.39, 0.29) is 17.7 Å². The molecule has 0 spiro atoms. The highest BCUT2D eigenvalue weighted by Crippen LogP contribution is 2.36. The fourth-order valence-electron chi connectivity index (χ4n) is 4.17. The molecule has 0 aliphatic carbocycles. The Bertz CT molecular complexity index is 1470. The Hall–Kier alpha value is -4.92. The first-order valence-electron chi connectivity index (χ1n) is 12.4. The number of rotatable bonds is 7. The third-order valence-electron chi connectivity index (χ3n) is 6.24. The topological polar surface area (TPSA) is 118 Å². The predicted molar refractivity (Wildman–Crippen MR) is 146 cm³/mol. The molecular formula is C30H29N3O6. The van der Waals surface area contributed by atoms with Gasteiger partial charge in [-0.15, -0.1) is 0 Å². The molecule has 0 atom stereocenters. The van der Waals surface area contributed by atoms with Crippen molar-refractivity contribution in [2.24, 2.45) is 0 Å². The summed E-state index contributed by atoms with van der Waals surface area (Å²) < 4.78 is 10.7. The maximum atomic E-state index is 13.5. The summed E-state index contributed by atoms with van der Waals surface area (Å²) in [6.07, 6.45) is 1.47. The number of carbonyl (C=O) groups excluding carboxylic acids is 4. The van der Waals surface area contributed by atoms with Crippen LogP contribution in [0.4, 0.5) is 11.4 Å². The molecule has 0 saturated heterocycles. The van der Waals surface area contributed by atoms with E-state index < -0.39 is 23.7 Å². The number of benzene rings is 2. The Labute approximate surface area is 226 Å². The maximum Gasteiger partial charge on any atom is 0.340 e. The van der Waals surface area contributed by atoms with Crippen LogP contribution in [0, 0.1) is 0 Å². The molecular weight excluding hydrogens is 498 g/mol. The van der Waals surface area contributed by atoms with Gasteiger partial charge in [0.05, 0.1) is 24.8 Å². The molecule has 39 heavy (non-hydrogen) atoms. The molecule has 9 nitrogen and oxygen atoms in total. The fraction of sp³-hybridized carbons (Fsp3) is 0.200. The second-order valence-electron chi connectivity index (χ2n) is 9.20. The van der Waals surface area contributed by atoms with Gasteiger partial charge in [0.25, 0.3) is 5.91 Å². The highest BCUT2D eigenvalue weighted by Gasteiger charge is 2.38. The number of amides is 3. The second-order valence-corrected chi connectivity index (χ2v) is 9.20. The number of carbonyl (C=O) groups is 4. The smallest absolute Gasteiger partial charge is 0.340 e. The largest absolute Gasteiger partial charge is 0.465 e. The van der Waals surface area contributed by atoms with Crippen molar-refractivity contribution < 1.29 is 28.3 Å². The standard InChI is InChI=1S/C30H29N3O6/c1-18(2)20-10-12-22(13-11-20)33-19(3)26(30(37)38-4)25(29(33)36)16-23-14-15-24(39-23)17-31-27(34)28(35)32-21-8-6-5-7-9-21/h5-16,18H,17H2,1-4H3,(H,31,34)(H,32,35). The van der Waals surface area contributed by atoms with Crippen LogP contribution in [0.1, 0.15) is 43.8 Å². The molecule has 2 heterocycles. The number of anilines is 2. The third kappa shape index (κ3) is 5.98. The van der Waals surface area contributed by atoms with E-state index in [4.69, 9.17) is 9.15 Å². The summed E-state index contributed by atoms with van der Waals surface area (Å²) in [5.41, 5.74) is 2.96. The number of furan rings is 1. The van der Waals surface area contributed by atoms with Crippen molar-refractivity contribution in [1.29, 1.82) is 0 Å². The number of hydrogen-bond acceptors (Lipinski definition) is 6. The van der Waals surface area contributed by atoms with Crippen molar-refractivity contribution in [2.75, 3.05) is 17.3 Å². The Morgan fingerprint density at radius 3 is 2.31 bits per heavy atom. The van der Waals surface area contributed by atoms with Crippen LogP contribution in [0.3, 0.4) is 0 Å². The van der Waals surface area contributed by atoms with E-state index in [0.29, 0.717) is 34.5 Å². The second kappa shape index (κ2) is 11.6. The Kier molecular flexibility index (Phi) is 8.10. The van der Waals surface area contributed by atoms with Crippen LogP contribution < -0.4 is 15.5 Å². The molecule has 3 aromatic rings. The average Bonchev–Trinajstić information content (AvgIpc) is 3.48. The van der Waals surface area contributed by atoms with E-state index in [1.165, 1.54) is 18.1 Å². The normalized spacial score (nSPS) is 14.2. The molecule has 9 heteroatoms. The molecule has 2 aromatic carbocycles. The SMILES string of the molecule is COC(=O)C1=C(C)N(c2ccc(C(C)C)cc2)C(=O)C1=Cc1ccc(CNC(=O)C(=O)Nc2ccccc2)o1. The van der Waals surface area contributed by atoms with Crippen LogP contribution in [0.25, 0.3) is 6.08 Å². The van der Waals surface area contributed by atoms with Crippen molar-refractivity contribution in [3.05, 3.63) is 101 Å². The summed E-state index contributed by atoms with van der Waals surface area (Å²) >= 11 is 0. The molecule has 0 fully saturated rings. The lowest BCUT2D eigenvalue weighted by Gasteiger charge is -2.18. The van der Waals surface area contributed by atoms with Gasteiger partial charge in [0.15, 0.2) is 0 Å². The molecule has 2 N–H and O–H groups in total. The molecule has 0 radical (unpaired) electrons. The lowest BCUT2D eigenvalue weighted by atomic mass is 10.0. The van der Waals surface area contributed by atoms with Crippen LogP contribution in [0.15, 0.2) is 88.0 Å². The van der Waals surface area contributed by atoms with E-state index in [1.54, 1.807) is 49.4 Å². The van der Waals surface area contributed by atoms with E-state index in [1.807, 2.05) is 24.3 Å². The molecule has 0 unspecified atom stereocenters. The summed E-state index contributed by atoms with van der Waals surface area (Å²) in [4.78, 5) is 51.9. The number of ether oxygens (including phenoxy) is 1. The first kappa shape index (κ1) is 27.1. The molecule has 1 aliphatic rings. The van der Waals surface area contributed by atoms with Gasteiger partial charge in [-0.25, -0.2) is 4.79 Å². The van der Waals surface area contributed by atoms with E-state index in [0.717, 1.165) is 5.56 Å². The van der Waals surface area contributed by atoms with Crippen molar-refractivity contribution in [2.45, 2.75) is 33.2 Å². The maximum absolute atomic E-state index is 13.5. The summed E-state index contributed by atoms with van der Waals surface area (Å²) in [7, 11) is 1.26. The lowest BCUT2D eigenvalue weighted by molar-refractivity contribution is -0.136. The quantitative estimate of drug-likeness (QED) is 0.265. The van der Waals surface area contributed by atoms with Crippen LogP contribution in [0.5, 0.6) is 0 Å². The molecule has 1 aromatic heterocycles. The molecule has 4 rings (SSSR count). The first-order chi connectivity index (χ1) is 18.7. The fourth-order valence-corrected chi connectivity index (χ4v) is 4.17. The van der Waals surface area contributed by atoms with E-state index >= 15 is 0 Å². The van der Waals surface area contributed by atoms with Crippen molar-refractivity contribution in [3.63, 3.8) is 0 Å². The number of allylic oxidation sites excluding steroid dienone is 1. The number of para-hydroxylation sites is 1. The van der Waals surface area contributed by atoms with Crippen molar-refractivity contribution in [3.8, 4) is 0 Å². The minimum absolute atomic E-state index is 0.0504. The number of nitrogens with one attached hydrogen (secondary N) is 2. The van der Waals surface area contributed by atoms with Gasteiger partial charge < -0.3 is 19.8 Å². The summed E-state index contributed by atoms with van der Waals surface area (Å²) in [5.74, 6) is -1.69. The van der Waals surface area contributed by atoms with E-state index in [9.17, 15) is 19.2 Å². The van der Waals surface area contributed by atoms with Gasteiger partial charge in [-0.2, -0.15) is 0 Å². The van der Waals surface area contributed by atoms with Crippen LogP contribution in [-0.2, 0) is 30.5 Å². The first-order valence-corrected chi connectivity index (χ1v) is 12.4. The van der Waals surface area contributed by atoms with E-state index in [2.05, 4.69) is 24.5 Å². The minimum Gasteiger partial charge on any atom is -0.465 e. The third-order valence-corrected chi connectivity index (χ3v) is 6.24. The summed E-state index contributed by atoms with van der Waals surface area (Å²) in [6.45, 7) is 5.80. The minimum atomic E-state index is -0.827. The van der Waals surface area contributed by atoms with Gasteiger partial charge in [-0.1, -0.05) is 44.2 Å². The molecule has 0 saturated carbocycles. The zero-order valence-electron chi connectivity index (χ0n) is 22.1. The molecule has 3 amide bonds. The van der Waals surface area contributed by atoms with Gasteiger partial charge in [-0.3, -0.25) is 19.3 Å². The van der Waals surface area contributed by atoms with Crippen molar-refractivity contribution in [1.82, 2.24) is 5.32 Å². The molecule has 0 bridgehead atoms. The Morgan fingerprint density at radius 2 is 1.67 bits per heavy atom. The van der Waals surface area contributed by atoms with Crippen molar-refractivity contribution >= 4 is 41.1 Å². The lowest BCUT2D eigenvalue weighted by Crippen LogP contribution is -2.34. The Morgan fingerprint density at radius 1 is 0.974 bits per heavy atom. The van der Waals surface area contributed by atoms with Crippen LogP contribution >= 0.6 is 0 Å². The predicted octanol–water partition coefficient (Wildman–Crippen LogP) is 4.54. The number of hydrogen-bond donors (Lipinski definition) is 2. The number of esters is 1. The van der Waals surface area contributed by atoms with Gasteiger partial charge in [-0.05, 0) is 60.9 Å². The zero-order valence-corrected chi connectivity index (χ0v) is 22.1. The zero-order chi connectivity index (χ0) is 28.1.